The molecule has 0 fully saturated rings. The molecule has 0 unspecified atom stereocenters. The molecule has 128 valence electrons. The molecule has 0 spiro atoms. The molecule has 0 bridgehead atoms. The highest BCUT2D eigenvalue weighted by Crippen LogP contribution is 2.21. The van der Waals surface area contributed by atoms with Gasteiger partial charge in [-0.15, -0.1) is 10.2 Å². The van der Waals surface area contributed by atoms with Crippen LogP contribution in [0.2, 0.25) is 0 Å². The Morgan fingerprint density at radius 3 is 2.60 bits per heavy atom. The van der Waals surface area contributed by atoms with E-state index in [1.54, 1.807) is 30.2 Å². The summed E-state index contributed by atoms with van der Waals surface area (Å²) in [6.07, 6.45) is 2.52. The first-order valence-electron chi connectivity index (χ1n) is 7.69. The predicted octanol–water partition coefficient (Wildman–Crippen LogP) is 3.74. The molecule has 7 nitrogen and oxygen atoms in total. The minimum absolute atomic E-state index is 0.0585. The summed E-state index contributed by atoms with van der Waals surface area (Å²) in [4.78, 5) is 10.2. The number of benzene rings is 2. The van der Waals surface area contributed by atoms with Crippen LogP contribution in [0, 0.1) is 10.1 Å². The number of hydrogen-bond donors (Lipinski definition) is 0. The number of aromatic nitrogens is 3. The number of non-ortho nitro benzene ring substituents is 1. The molecule has 0 atom stereocenters. The fourth-order valence-corrected chi connectivity index (χ4v) is 3.01. The van der Waals surface area contributed by atoms with E-state index in [0.29, 0.717) is 12.4 Å². The molecule has 0 N–H and O–H groups in total. The first-order valence-corrected chi connectivity index (χ1v) is 8.68. The zero-order valence-corrected chi connectivity index (χ0v) is 14.1. The molecular formula is C17H16N4O3S. The number of nitro groups is 1. The average molecular weight is 356 g/mol. The third-order valence-electron chi connectivity index (χ3n) is 3.39. The van der Waals surface area contributed by atoms with E-state index in [2.05, 4.69) is 10.2 Å². The minimum Gasteiger partial charge on any atom is -0.494 e. The molecule has 0 saturated heterocycles. The number of para-hydroxylation sites is 1. The lowest BCUT2D eigenvalue weighted by molar-refractivity contribution is -0.384. The van der Waals surface area contributed by atoms with E-state index in [1.165, 1.54) is 12.1 Å². The van der Waals surface area contributed by atoms with Crippen LogP contribution in [0.1, 0.15) is 6.42 Å². The SMILES string of the molecule is O=[N+]([O-])c1ccc(OCCCSc2nncn2-c2ccccc2)cc1. The summed E-state index contributed by atoms with van der Waals surface area (Å²) in [5.74, 6) is 1.46. The van der Waals surface area contributed by atoms with Crippen LogP contribution in [0.4, 0.5) is 5.69 Å². The number of thioether (sulfide) groups is 1. The van der Waals surface area contributed by atoms with E-state index in [9.17, 15) is 10.1 Å². The van der Waals surface area contributed by atoms with Crippen molar-refractivity contribution in [1.82, 2.24) is 14.8 Å². The number of hydrogen-bond acceptors (Lipinski definition) is 6. The van der Waals surface area contributed by atoms with Gasteiger partial charge >= 0.3 is 0 Å². The molecule has 8 heteroatoms. The van der Waals surface area contributed by atoms with Gasteiger partial charge in [0, 0.05) is 23.6 Å². The van der Waals surface area contributed by atoms with Crippen molar-refractivity contribution in [2.75, 3.05) is 12.4 Å². The van der Waals surface area contributed by atoms with E-state index in [4.69, 9.17) is 4.74 Å². The average Bonchev–Trinajstić information content (AvgIpc) is 3.11. The maximum absolute atomic E-state index is 10.6. The molecule has 25 heavy (non-hydrogen) atoms. The molecule has 2 aromatic carbocycles. The van der Waals surface area contributed by atoms with Crippen LogP contribution in [0.15, 0.2) is 66.1 Å². The van der Waals surface area contributed by atoms with Gasteiger partial charge in [0.2, 0.25) is 0 Å². The van der Waals surface area contributed by atoms with Gasteiger partial charge in [0.15, 0.2) is 5.16 Å². The Labute approximate surface area is 148 Å². The molecule has 0 radical (unpaired) electrons. The van der Waals surface area contributed by atoms with E-state index < -0.39 is 4.92 Å². The molecule has 1 heterocycles. The number of ether oxygens (including phenoxy) is 1. The summed E-state index contributed by atoms with van der Waals surface area (Å²) < 4.78 is 7.54. The number of nitrogens with zero attached hydrogens (tertiary/aromatic N) is 4. The summed E-state index contributed by atoms with van der Waals surface area (Å²) in [7, 11) is 0. The summed E-state index contributed by atoms with van der Waals surface area (Å²) in [5.41, 5.74) is 1.08. The maximum Gasteiger partial charge on any atom is 0.269 e. The lowest BCUT2D eigenvalue weighted by atomic mass is 10.3. The third-order valence-corrected chi connectivity index (χ3v) is 4.42. The first-order chi connectivity index (χ1) is 12.2. The van der Waals surface area contributed by atoms with Crippen molar-refractivity contribution in [3.05, 3.63) is 71.0 Å². The monoisotopic (exact) mass is 356 g/mol. The standard InChI is InChI=1S/C17H16N4O3S/c22-21(23)15-7-9-16(10-8-15)24-11-4-12-25-17-19-18-13-20(17)14-5-2-1-3-6-14/h1-3,5-10,13H,4,11-12H2. The highest BCUT2D eigenvalue weighted by molar-refractivity contribution is 7.99. The van der Waals surface area contributed by atoms with Gasteiger partial charge in [-0.05, 0) is 30.7 Å². The lowest BCUT2D eigenvalue weighted by Crippen LogP contribution is -2.00. The van der Waals surface area contributed by atoms with Crippen molar-refractivity contribution in [3.63, 3.8) is 0 Å². The highest BCUT2D eigenvalue weighted by atomic mass is 32.2. The Bertz CT molecular complexity index is 821. The van der Waals surface area contributed by atoms with Crippen LogP contribution in [-0.2, 0) is 0 Å². The Morgan fingerprint density at radius 1 is 1.12 bits per heavy atom. The number of nitro benzene ring substituents is 1. The zero-order chi connectivity index (χ0) is 17.5. The Balaban J connectivity index is 1.45. The summed E-state index contributed by atoms with van der Waals surface area (Å²) >= 11 is 1.61. The normalized spacial score (nSPS) is 10.6. The van der Waals surface area contributed by atoms with Gasteiger partial charge in [0.1, 0.15) is 12.1 Å². The quantitative estimate of drug-likeness (QED) is 0.265. The molecule has 0 aliphatic heterocycles. The summed E-state index contributed by atoms with van der Waals surface area (Å²) in [6, 6.07) is 16.0. The predicted molar refractivity (Wildman–Crippen MR) is 95.3 cm³/mol. The number of rotatable bonds is 8. The van der Waals surface area contributed by atoms with E-state index >= 15 is 0 Å². The second-order valence-electron chi connectivity index (χ2n) is 5.12. The molecule has 0 aliphatic rings. The second kappa shape index (κ2) is 8.29. The van der Waals surface area contributed by atoms with Crippen molar-refractivity contribution >= 4 is 17.4 Å². The minimum atomic E-state index is -0.427. The molecule has 3 aromatic rings. The lowest BCUT2D eigenvalue weighted by Gasteiger charge is -2.07. The first kappa shape index (κ1) is 17.0. The smallest absolute Gasteiger partial charge is 0.269 e. The van der Waals surface area contributed by atoms with E-state index in [-0.39, 0.29) is 5.69 Å². The van der Waals surface area contributed by atoms with Gasteiger partial charge in [-0.1, -0.05) is 30.0 Å². The third kappa shape index (κ3) is 4.57. The van der Waals surface area contributed by atoms with Crippen LogP contribution < -0.4 is 4.74 Å². The Hall–Kier alpha value is -2.87. The van der Waals surface area contributed by atoms with Gasteiger partial charge < -0.3 is 4.74 Å². The van der Waals surface area contributed by atoms with E-state index in [0.717, 1.165) is 23.0 Å². The zero-order valence-electron chi connectivity index (χ0n) is 13.3. The van der Waals surface area contributed by atoms with Crippen LogP contribution in [0.25, 0.3) is 5.69 Å². The maximum atomic E-state index is 10.6. The van der Waals surface area contributed by atoms with Gasteiger partial charge in [-0.3, -0.25) is 14.7 Å². The molecule has 0 saturated carbocycles. The summed E-state index contributed by atoms with van der Waals surface area (Å²) in [6.45, 7) is 0.532. The Kier molecular flexibility index (Phi) is 5.63. The van der Waals surface area contributed by atoms with Crippen molar-refractivity contribution < 1.29 is 9.66 Å². The van der Waals surface area contributed by atoms with Crippen molar-refractivity contribution in [3.8, 4) is 11.4 Å². The van der Waals surface area contributed by atoms with Crippen LogP contribution in [0.3, 0.4) is 0 Å². The molecule has 1 aromatic heterocycles. The Morgan fingerprint density at radius 2 is 1.88 bits per heavy atom. The van der Waals surface area contributed by atoms with Crippen LogP contribution in [0.5, 0.6) is 5.75 Å². The van der Waals surface area contributed by atoms with E-state index in [1.807, 2.05) is 34.9 Å². The highest BCUT2D eigenvalue weighted by Gasteiger charge is 2.07. The van der Waals surface area contributed by atoms with Gasteiger partial charge in [0.05, 0.1) is 11.5 Å². The largest absolute Gasteiger partial charge is 0.494 e. The molecular weight excluding hydrogens is 340 g/mol. The van der Waals surface area contributed by atoms with Crippen molar-refractivity contribution in [2.24, 2.45) is 0 Å². The second-order valence-corrected chi connectivity index (χ2v) is 6.18. The topological polar surface area (TPSA) is 83.1 Å². The fourth-order valence-electron chi connectivity index (χ4n) is 2.17. The van der Waals surface area contributed by atoms with Crippen LogP contribution in [-0.4, -0.2) is 32.0 Å². The van der Waals surface area contributed by atoms with Gasteiger partial charge in [-0.25, -0.2) is 0 Å². The summed E-state index contributed by atoms with van der Waals surface area (Å²) in [5, 5.41) is 19.6. The molecule has 0 aliphatic carbocycles. The fraction of sp³-hybridized carbons (Fsp3) is 0.176. The van der Waals surface area contributed by atoms with Crippen molar-refractivity contribution in [1.29, 1.82) is 0 Å². The van der Waals surface area contributed by atoms with Gasteiger partial charge in [-0.2, -0.15) is 0 Å². The molecule has 3 rings (SSSR count). The molecule has 0 amide bonds. The van der Waals surface area contributed by atoms with Gasteiger partial charge in [0.25, 0.3) is 5.69 Å². The van der Waals surface area contributed by atoms with Crippen molar-refractivity contribution in [2.45, 2.75) is 11.6 Å². The van der Waals surface area contributed by atoms with Crippen LogP contribution >= 0.6 is 11.8 Å².